The Morgan fingerprint density at radius 1 is 1.07 bits per heavy atom. The first-order valence-corrected chi connectivity index (χ1v) is 9.76. The molecule has 6 heteroatoms. The largest absolute Gasteiger partial charge is 0.360 e. The highest BCUT2D eigenvalue weighted by molar-refractivity contribution is 5.99. The maximum Gasteiger partial charge on any atom is 0.254 e. The zero-order chi connectivity index (χ0) is 20.2. The van der Waals surface area contributed by atoms with Crippen molar-refractivity contribution in [2.45, 2.75) is 19.8 Å². The maximum absolute atomic E-state index is 13.1. The van der Waals surface area contributed by atoms with Crippen LogP contribution in [0.1, 0.15) is 29.0 Å². The summed E-state index contributed by atoms with van der Waals surface area (Å²) < 4.78 is 4.96. The van der Waals surface area contributed by atoms with Gasteiger partial charge in [-0.15, -0.1) is 0 Å². The van der Waals surface area contributed by atoms with Crippen LogP contribution in [0.25, 0.3) is 11.1 Å². The van der Waals surface area contributed by atoms with Crippen LogP contribution < -0.4 is 5.32 Å². The van der Waals surface area contributed by atoms with Crippen LogP contribution in [0, 0.1) is 12.8 Å². The van der Waals surface area contributed by atoms with Gasteiger partial charge in [0, 0.05) is 18.2 Å². The van der Waals surface area contributed by atoms with E-state index >= 15 is 0 Å². The van der Waals surface area contributed by atoms with Gasteiger partial charge >= 0.3 is 0 Å². The van der Waals surface area contributed by atoms with Crippen molar-refractivity contribution in [3.05, 3.63) is 72.0 Å². The number of nitrogens with one attached hydrogen (secondary N) is 1. The van der Waals surface area contributed by atoms with Gasteiger partial charge in [0.1, 0.15) is 12.3 Å². The molecule has 1 aliphatic rings. The highest BCUT2D eigenvalue weighted by Crippen LogP contribution is 2.30. The summed E-state index contributed by atoms with van der Waals surface area (Å²) in [6, 6.07) is 19.2. The van der Waals surface area contributed by atoms with Crippen molar-refractivity contribution in [3.63, 3.8) is 0 Å². The number of carbonyl (C=O) groups excluding carboxylic acids is 2. The molecular weight excluding hydrogens is 366 g/mol. The van der Waals surface area contributed by atoms with Crippen LogP contribution in [0.3, 0.4) is 0 Å². The molecule has 29 heavy (non-hydrogen) atoms. The Balaban J connectivity index is 1.45. The molecule has 3 aromatic rings. The first kappa shape index (κ1) is 18.9. The van der Waals surface area contributed by atoms with Crippen molar-refractivity contribution >= 4 is 17.6 Å². The van der Waals surface area contributed by atoms with E-state index in [-0.39, 0.29) is 18.4 Å². The number of rotatable bonds is 7. The molecule has 0 aliphatic heterocycles. The molecule has 0 spiro atoms. The molecule has 1 N–H and O–H groups in total. The molecule has 2 aromatic carbocycles. The zero-order valence-corrected chi connectivity index (χ0v) is 16.3. The molecule has 1 aliphatic carbocycles. The van der Waals surface area contributed by atoms with Crippen LogP contribution in [0.4, 0.5) is 5.82 Å². The molecule has 0 bridgehead atoms. The van der Waals surface area contributed by atoms with Gasteiger partial charge in [0.15, 0.2) is 5.82 Å². The number of benzene rings is 2. The third-order valence-electron chi connectivity index (χ3n) is 4.93. The van der Waals surface area contributed by atoms with Crippen molar-refractivity contribution in [2.24, 2.45) is 5.92 Å². The summed E-state index contributed by atoms with van der Waals surface area (Å²) in [7, 11) is 0. The molecule has 148 valence electrons. The second kappa shape index (κ2) is 8.31. The number of carbonyl (C=O) groups is 2. The fourth-order valence-corrected chi connectivity index (χ4v) is 3.23. The molecular formula is C23H23N3O3. The van der Waals surface area contributed by atoms with Gasteiger partial charge in [0.25, 0.3) is 5.91 Å². The van der Waals surface area contributed by atoms with E-state index in [0.717, 1.165) is 24.0 Å². The lowest BCUT2D eigenvalue weighted by Gasteiger charge is -2.22. The minimum absolute atomic E-state index is 0.0122. The molecule has 4 rings (SSSR count). The van der Waals surface area contributed by atoms with Gasteiger partial charge in [-0.1, -0.05) is 47.6 Å². The average Bonchev–Trinajstić information content (AvgIpc) is 3.47. The van der Waals surface area contributed by atoms with E-state index in [1.807, 2.05) is 54.6 Å². The topological polar surface area (TPSA) is 75.4 Å². The molecule has 1 heterocycles. The third kappa shape index (κ3) is 4.90. The second-order valence-electron chi connectivity index (χ2n) is 7.44. The van der Waals surface area contributed by atoms with Gasteiger partial charge in [-0.2, -0.15) is 0 Å². The van der Waals surface area contributed by atoms with E-state index in [4.69, 9.17) is 4.52 Å². The van der Waals surface area contributed by atoms with E-state index in [2.05, 4.69) is 10.5 Å². The predicted octanol–water partition coefficient (Wildman–Crippen LogP) is 4.14. The van der Waals surface area contributed by atoms with Crippen LogP contribution in [-0.2, 0) is 4.79 Å². The monoisotopic (exact) mass is 389 g/mol. The zero-order valence-electron chi connectivity index (χ0n) is 16.3. The Morgan fingerprint density at radius 3 is 2.38 bits per heavy atom. The van der Waals surface area contributed by atoms with Crippen LogP contribution in [0.15, 0.2) is 65.2 Å². The summed E-state index contributed by atoms with van der Waals surface area (Å²) in [5.74, 6) is 1.03. The summed E-state index contributed by atoms with van der Waals surface area (Å²) in [6.45, 7) is 2.33. The molecule has 0 saturated heterocycles. The number of amides is 2. The summed E-state index contributed by atoms with van der Waals surface area (Å²) in [4.78, 5) is 27.1. The number of hydrogen-bond donors (Lipinski definition) is 1. The Labute approximate surface area is 169 Å². The summed E-state index contributed by atoms with van der Waals surface area (Å²) in [5, 5.41) is 6.45. The molecule has 0 atom stereocenters. The fraction of sp³-hybridized carbons (Fsp3) is 0.261. The second-order valence-corrected chi connectivity index (χ2v) is 7.44. The summed E-state index contributed by atoms with van der Waals surface area (Å²) in [6.07, 6.45) is 2.20. The van der Waals surface area contributed by atoms with Crippen molar-refractivity contribution in [1.29, 1.82) is 0 Å². The third-order valence-corrected chi connectivity index (χ3v) is 4.93. The van der Waals surface area contributed by atoms with Gasteiger partial charge in [-0.25, -0.2) is 0 Å². The van der Waals surface area contributed by atoms with Crippen molar-refractivity contribution in [2.75, 3.05) is 18.4 Å². The maximum atomic E-state index is 13.1. The molecule has 2 amide bonds. The molecule has 1 aromatic heterocycles. The number of aryl methyl sites for hydroxylation is 1. The number of anilines is 1. The minimum atomic E-state index is -0.284. The lowest BCUT2D eigenvalue weighted by Crippen LogP contribution is -2.39. The Bertz CT molecular complexity index is 992. The van der Waals surface area contributed by atoms with Gasteiger partial charge in [0.2, 0.25) is 5.91 Å². The average molecular weight is 389 g/mol. The Kier molecular flexibility index (Phi) is 5.42. The lowest BCUT2D eigenvalue weighted by atomic mass is 10.0. The SMILES string of the molecule is Cc1cc(NC(=O)CN(CC2CC2)C(=O)c2ccc(-c3ccccc3)cc2)no1. The van der Waals surface area contributed by atoms with Crippen molar-refractivity contribution in [3.8, 4) is 11.1 Å². The van der Waals surface area contributed by atoms with Crippen LogP contribution >= 0.6 is 0 Å². The number of aromatic nitrogens is 1. The van der Waals surface area contributed by atoms with Gasteiger partial charge in [-0.3, -0.25) is 9.59 Å². The molecule has 1 fully saturated rings. The first-order valence-electron chi connectivity index (χ1n) is 9.76. The van der Waals surface area contributed by atoms with Crippen LogP contribution in [-0.4, -0.2) is 35.0 Å². The number of nitrogens with zero attached hydrogens (tertiary/aromatic N) is 2. The minimum Gasteiger partial charge on any atom is -0.360 e. The standard InChI is InChI=1S/C23H23N3O3/c1-16-13-21(25-29-16)24-22(27)15-26(14-17-7-8-17)23(28)20-11-9-19(10-12-20)18-5-3-2-4-6-18/h2-6,9-13,17H,7-8,14-15H2,1H3,(H,24,25,27). The molecule has 0 unspecified atom stereocenters. The molecule has 6 nitrogen and oxygen atoms in total. The van der Waals surface area contributed by atoms with Crippen LogP contribution in [0.2, 0.25) is 0 Å². The summed E-state index contributed by atoms with van der Waals surface area (Å²) in [5.41, 5.74) is 2.73. The van der Waals surface area contributed by atoms with Gasteiger partial charge < -0.3 is 14.7 Å². The van der Waals surface area contributed by atoms with E-state index in [1.165, 1.54) is 0 Å². The molecule has 0 radical (unpaired) electrons. The summed E-state index contributed by atoms with van der Waals surface area (Å²) >= 11 is 0. The Morgan fingerprint density at radius 2 is 1.76 bits per heavy atom. The van der Waals surface area contributed by atoms with Gasteiger partial charge in [-0.05, 0) is 48.9 Å². The fourth-order valence-electron chi connectivity index (χ4n) is 3.23. The normalized spacial score (nSPS) is 13.1. The first-order chi connectivity index (χ1) is 14.1. The smallest absolute Gasteiger partial charge is 0.254 e. The van der Waals surface area contributed by atoms with Crippen molar-refractivity contribution < 1.29 is 14.1 Å². The van der Waals surface area contributed by atoms with Crippen molar-refractivity contribution in [1.82, 2.24) is 10.1 Å². The van der Waals surface area contributed by atoms with E-state index < -0.39 is 0 Å². The highest BCUT2D eigenvalue weighted by Gasteiger charge is 2.28. The Hall–Kier alpha value is -3.41. The predicted molar refractivity (Wildman–Crippen MR) is 110 cm³/mol. The lowest BCUT2D eigenvalue weighted by molar-refractivity contribution is -0.117. The van der Waals surface area contributed by atoms with E-state index in [9.17, 15) is 9.59 Å². The molecule has 1 saturated carbocycles. The van der Waals surface area contributed by atoms with E-state index in [1.54, 1.807) is 17.9 Å². The quantitative estimate of drug-likeness (QED) is 0.659. The van der Waals surface area contributed by atoms with Gasteiger partial charge in [0.05, 0.1) is 0 Å². The van der Waals surface area contributed by atoms with E-state index in [0.29, 0.717) is 29.6 Å². The highest BCUT2D eigenvalue weighted by atomic mass is 16.5. The van der Waals surface area contributed by atoms with Crippen LogP contribution in [0.5, 0.6) is 0 Å². The number of hydrogen-bond acceptors (Lipinski definition) is 4.